The first-order valence-electron chi connectivity index (χ1n) is 14.3. The monoisotopic (exact) mass is 547 g/mol. The first kappa shape index (κ1) is 24.8. The van der Waals surface area contributed by atoms with Crippen molar-refractivity contribution in [3.63, 3.8) is 0 Å². The molecular formula is C40H25N3. The quantitative estimate of drug-likeness (QED) is 0.201. The number of aromatic nitrogens is 2. The minimum atomic E-state index is 0.402. The highest BCUT2D eigenvalue weighted by molar-refractivity contribution is 6.24. The van der Waals surface area contributed by atoms with Gasteiger partial charge in [0.05, 0.1) is 11.0 Å². The van der Waals surface area contributed by atoms with E-state index >= 15 is 0 Å². The van der Waals surface area contributed by atoms with E-state index in [0.717, 1.165) is 27.9 Å². The molecule has 2 aromatic heterocycles. The van der Waals surface area contributed by atoms with E-state index < -0.39 is 0 Å². The molecule has 0 bridgehead atoms. The van der Waals surface area contributed by atoms with Crippen LogP contribution in [0.3, 0.4) is 0 Å². The Morgan fingerprint density at radius 3 is 1.91 bits per heavy atom. The molecule has 200 valence electrons. The highest BCUT2D eigenvalue weighted by atomic mass is 15.0. The van der Waals surface area contributed by atoms with Crippen molar-refractivity contribution >= 4 is 38.4 Å². The Hall–Kier alpha value is -5.98. The predicted molar refractivity (Wildman–Crippen MR) is 179 cm³/mol. The highest BCUT2D eigenvalue weighted by Gasteiger charge is 2.18. The van der Waals surface area contributed by atoms with Gasteiger partial charge in [-0.25, -0.2) is 0 Å². The van der Waals surface area contributed by atoms with Crippen LogP contribution in [0.1, 0.15) is 0 Å². The van der Waals surface area contributed by atoms with Crippen LogP contribution < -0.4 is 0 Å². The molecule has 0 fully saturated rings. The van der Waals surface area contributed by atoms with E-state index in [-0.39, 0.29) is 0 Å². The van der Waals surface area contributed by atoms with Crippen LogP contribution in [-0.2, 0) is 0 Å². The number of rotatable bonds is 4. The van der Waals surface area contributed by atoms with Crippen LogP contribution in [0.5, 0.6) is 0 Å². The zero-order valence-electron chi connectivity index (χ0n) is 23.3. The molecule has 0 aliphatic rings. The van der Waals surface area contributed by atoms with Crippen LogP contribution in [0.2, 0.25) is 0 Å². The van der Waals surface area contributed by atoms with Gasteiger partial charge in [-0.2, -0.15) is 0 Å². The van der Waals surface area contributed by atoms with Crippen molar-refractivity contribution in [1.82, 2.24) is 9.55 Å². The lowest BCUT2D eigenvalue weighted by Gasteiger charge is -2.12. The number of pyridine rings is 1. The third-order valence-corrected chi connectivity index (χ3v) is 8.26. The first-order valence-corrected chi connectivity index (χ1v) is 14.3. The summed E-state index contributed by atoms with van der Waals surface area (Å²) in [6.07, 6.45) is 1.70. The van der Waals surface area contributed by atoms with E-state index in [1.54, 1.807) is 6.20 Å². The normalized spacial score (nSPS) is 11.2. The SMILES string of the molecule is [C-]#[N+]c1cc(-c2cccc(-c3ccc4c5c6ccccc6c(-c6ccccc6)cc5n(-c5ccccc5)c4c3)c2)ccn1. The fraction of sp³-hybridized carbons (Fsp3) is 0. The van der Waals surface area contributed by atoms with Gasteiger partial charge in [-0.05, 0) is 86.6 Å². The van der Waals surface area contributed by atoms with Crippen molar-refractivity contribution in [2.24, 2.45) is 0 Å². The Morgan fingerprint density at radius 1 is 0.488 bits per heavy atom. The minimum Gasteiger partial charge on any atom is -0.361 e. The summed E-state index contributed by atoms with van der Waals surface area (Å²) >= 11 is 0. The number of para-hydroxylation sites is 1. The molecule has 8 aromatic rings. The van der Waals surface area contributed by atoms with Crippen LogP contribution in [0.4, 0.5) is 5.82 Å². The summed E-state index contributed by atoms with van der Waals surface area (Å²) in [5, 5.41) is 4.99. The maximum absolute atomic E-state index is 7.37. The average molecular weight is 548 g/mol. The van der Waals surface area contributed by atoms with Crippen LogP contribution >= 0.6 is 0 Å². The molecule has 3 heteroatoms. The molecule has 2 heterocycles. The number of nitrogens with zero attached hydrogens (tertiary/aromatic N) is 3. The van der Waals surface area contributed by atoms with E-state index in [1.165, 1.54) is 43.7 Å². The zero-order chi connectivity index (χ0) is 28.8. The minimum absolute atomic E-state index is 0.402. The van der Waals surface area contributed by atoms with Gasteiger partial charge in [0.1, 0.15) is 6.20 Å². The molecule has 0 saturated heterocycles. The summed E-state index contributed by atoms with van der Waals surface area (Å²) in [4.78, 5) is 7.66. The fourth-order valence-electron chi connectivity index (χ4n) is 6.31. The molecule has 0 unspecified atom stereocenters. The number of hydrogen-bond acceptors (Lipinski definition) is 1. The summed E-state index contributed by atoms with van der Waals surface area (Å²) in [5.41, 5.74) is 10.2. The Bertz CT molecular complexity index is 2340. The second-order valence-corrected chi connectivity index (χ2v) is 10.7. The van der Waals surface area contributed by atoms with Crippen LogP contribution in [-0.4, -0.2) is 9.55 Å². The molecule has 8 rings (SSSR count). The second kappa shape index (κ2) is 10.1. The number of fused-ring (bicyclic) bond motifs is 5. The molecular weight excluding hydrogens is 522 g/mol. The van der Waals surface area contributed by atoms with E-state index in [2.05, 4.69) is 148 Å². The molecule has 0 amide bonds. The van der Waals surface area contributed by atoms with E-state index in [9.17, 15) is 0 Å². The summed E-state index contributed by atoms with van der Waals surface area (Å²) in [6.45, 7) is 7.37. The Labute approximate surface area is 249 Å². The van der Waals surface area contributed by atoms with Gasteiger partial charge in [-0.1, -0.05) is 110 Å². The maximum atomic E-state index is 7.37. The highest BCUT2D eigenvalue weighted by Crippen LogP contribution is 2.42. The van der Waals surface area contributed by atoms with Gasteiger partial charge >= 0.3 is 0 Å². The number of benzene rings is 6. The van der Waals surface area contributed by atoms with Gasteiger partial charge < -0.3 is 9.41 Å². The van der Waals surface area contributed by atoms with Crippen LogP contribution in [0, 0.1) is 6.57 Å². The van der Waals surface area contributed by atoms with Crippen molar-refractivity contribution in [2.45, 2.75) is 0 Å². The molecule has 43 heavy (non-hydrogen) atoms. The smallest absolute Gasteiger partial charge is 0.270 e. The zero-order valence-corrected chi connectivity index (χ0v) is 23.3. The van der Waals surface area contributed by atoms with Crippen molar-refractivity contribution in [3.05, 3.63) is 163 Å². The molecule has 0 N–H and O–H groups in total. The van der Waals surface area contributed by atoms with Gasteiger partial charge in [0.15, 0.2) is 0 Å². The Morgan fingerprint density at radius 2 is 1.14 bits per heavy atom. The van der Waals surface area contributed by atoms with E-state index in [0.29, 0.717) is 5.82 Å². The summed E-state index contributed by atoms with van der Waals surface area (Å²) in [6, 6.07) is 51.6. The largest absolute Gasteiger partial charge is 0.361 e. The summed E-state index contributed by atoms with van der Waals surface area (Å²) in [7, 11) is 0. The van der Waals surface area contributed by atoms with Gasteiger partial charge in [0.2, 0.25) is 0 Å². The van der Waals surface area contributed by atoms with Gasteiger partial charge in [0.25, 0.3) is 5.82 Å². The second-order valence-electron chi connectivity index (χ2n) is 10.7. The Kier molecular flexibility index (Phi) is 5.84. The van der Waals surface area contributed by atoms with E-state index in [4.69, 9.17) is 6.57 Å². The molecule has 6 aromatic carbocycles. The molecule has 0 aliphatic heterocycles. The van der Waals surface area contributed by atoms with Crippen molar-refractivity contribution in [2.75, 3.05) is 0 Å². The van der Waals surface area contributed by atoms with Gasteiger partial charge in [0, 0.05) is 16.5 Å². The summed E-state index contributed by atoms with van der Waals surface area (Å²) in [5.74, 6) is 0.402. The third kappa shape index (κ3) is 4.17. The molecule has 0 saturated carbocycles. The van der Waals surface area contributed by atoms with Crippen LogP contribution in [0.25, 0.3) is 76.5 Å². The van der Waals surface area contributed by atoms with Crippen molar-refractivity contribution in [3.8, 4) is 39.1 Å². The first-order chi connectivity index (χ1) is 21.3. The van der Waals surface area contributed by atoms with Gasteiger partial charge in [-0.15, -0.1) is 4.98 Å². The maximum Gasteiger partial charge on any atom is 0.270 e. The lowest BCUT2D eigenvalue weighted by Crippen LogP contribution is -1.94. The lowest BCUT2D eigenvalue weighted by atomic mass is 9.94. The molecule has 0 spiro atoms. The number of hydrogen-bond donors (Lipinski definition) is 0. The van der Waals surface area contributed by atoms with Crippen LogP contribution in [0.15, 0.2) is 152 Å². The fourth-order valence-corrected chi connectivity index (χ4v) is 6.31. The molecule has 0 aliphatic carbocycles. The lowest BCUT2D eigenvalue weighted by molar-refractivity contribution is 1.18. The van der Waals surface area contributed by atoms with E-state index in [1.807, 2.05) is 12.1 Å². The Balaban J connectivity index is 1.42. The van der Waals surface area contributed by atoms with Crippen molar-refractivity contribution in [1.29, 1.82) is 0 Å². The molecule has 0 atom stereocenters. The molecule has 0 radical (unpaired) electrons. The topological polar surface area (TPSA) is 22.2 Å². The third-order valence-electron chi connectivity index (χ3n) is 8.26. The van der Waals surface area contributed by atoms with Gasteiger partial charge in [-0.3, -0.25) is 0 Å². The standard InChI is InChI=1S/C40H25N3/c1-41-39-25-31(21-22-42-39)29-14-10-13-28(23-29)30-19-20-35-37(24-30)43(32-15-6-3-7-16-32)38-26-36(27-11-4-2-5-12-27)33-17-8-9-18-34(33)40(35)38/h2-26H. The summed E-state index contributed by atoms with van der Waals surface area (Å²) < 4.78 is 2.40. The average Bonchev–Trinajstić information content (AvgIpc) is 3.42. The molecule has 3 nitrogen and oxygen atoms in total. The predicted octanol–water partition coefficient (Wildman–Crippen LogP) is 10.9. The van der Waals surface area contributed by atoms with Crippen molar-refractivity contribution < 1.29 is 0 Å².